The second-order valence-electron chi connectivity index (χ2n) is 4.23. The fraction of sp³-hybridized carbons (Fsp3) is 0.143. The number of hydrogen-bond acceptors (Lipinski definition) is 1. The van der Waals surface area contributed by atoms with E-state index in [-0.39, 0.29) is 16.8 Å². The van der Waals surface area contributed by atoms with Crippen molar-refractivity contribution in [3.8, 4) is 0 Å². The van der Waals surface area contributed by atoms with Gasteiger partial charge in [0.15, 0.2) is 0 Å². The zero-order chi connectivity index (χ0) is 14.9. The molecular weight excluding hydrogens is 343 g/mol. The smallest absolute Gasteiger partial charge is 0.147 e. The van der Waals surface area contributed by atoms with Crippen molar-refractivity contribution in [2.75, 3.05) is 5.32 Å². The average Bonchev–Trinajstić information content (AvgIpc) is 2.40. The van der Waals surface area contributed by atoms with Gasteiger partial charge in [-0.2, -0.15) is 0 Å². The second kappa shape index (κ2) is 6.40. The highest BCUT2D eigenvalue weighted by Gasteiger charge is 2.16. The van der Waals surface area contributed by atoms with Gasteiger partial charge in [0.1, 0.15) is 5.82 Å². The maximum absolute atomic E-state index is 13.7. The molecule has 6 heteroatoms. The van der Waals surface area contributed by atoms with Crippen molar-refractivity contribution in [2.24, 2.45) is 0 Å². The average molecular weight is 353 g/mol. The van der Waals surface area contributed by atoms with Crippen molar-refractivity contribution in [3.63, 3.8) is 0 Å². The minimum atomic E-state index is -0.430. The van der Waals surface area contributed by atoms with Gasteiger partial charge >= 0.3 is 0 Å². The van der Waals surface area contributed by atoms with Crippen molar-refractivity contribution in [3.05, 3.63) is 61.8 Å². The molecule has 0 aromatic heterocycles. The molecule has 0 heterocycles. The van der Waals surface area contributed by atoms with Gasteiger partial charge in [0.2, 0.25) is 0 Å². The Hall–Kier alpha value is -0.670. The van der Waals surface area contributed by atoms with Crippen molar-refractivity contribution in [2.45, 2.75) is 13.0 Å². The lowest BCUT2D eigenvalue weighted by Gasteiger charge is -2.19. The second-order valence-corrected chi connectivity index (χ2v) is 5.80. The number of nitrogens with one attached hydrogen (secondary N) is 1. The van der Waals surface area contributed by atoms with Crippen LogP contribution in [0, 0.1) is 5.82 Å². The first-order valence-electron chi connectivity index (χ1n) is 5.75. The van der Waals surface area contributed by atoms with Crippen LogP contribution >= 0.6 is 46.4 Å². The molecule has 2 aromatic rings. The van der Waals surface area contributed by atoms with Crippen molar-refractivity contribution < 1.29 is 4.39 Å². The van der Waals surface area contributed by atoms with Crippen LogP contribution in [-0.4, -0.2) is 0 Å². The molecule has 2 aromatic carbocycles. The van der Waals surface area contributed by atoms with E-state index in [0.717, 1.165) is 0 Å². The summed E-state index contributed by atoms with van der Waals surface area (Å²) in [6.07, 6.45) is 0. The van der Waals surface area contributed by atoms with E-state index in [0.29, 0.717) is 20.6 Å². The van der Waals surface area contributed by atoms with Gasteiger partial charge in [-0.05, 0) is 30.7 Å². The Kier molecular flexibility index (Phi) is 5.03. The predicted octanol–water partition coefficient (Wildman–Crippen LogP) is 6.61. The Bertz CT molecular complexity index is 625. The van der Waals surface area contributed by atoms with Crippen LogP contribution in [-0.2, 0) is 0 Å². The van der Waals surface area contributed by atoms with Crippen LogP contribution in [0.15, 0.2) is 30.3 Å². The van der Waals surface area contributed by atoms with E-state index in [1.807, 2.05) is 6.92 Å². The maximum Gasteiger partial charge on any atom is 0.147 e. The number of anilines is 1. The normalized spacial score (nSPS) is 12.3. The molecule has 106 valence electrons. The number of benzene rings is 2. The quantitative estimate of drug-likeness (QED) is 0.612. The zero-order valence-corrected chi connectivity index (χ0v) is 13.4. The lowest BCUT2D eigenvalue weighted by molar-refractivity contribution is 0.627. The first kappa shape index (κ1) is 15.7. The van der Waals surface area contributed by atoms with E-state index in [2.05, 4.69) is 5.32 Å². The van der Waals surface area contributed by atoms with E-state index >= 15 is 0 Å². The topological polar surface area (TPSA) is 12.0 Å². The maximum atomic E-state index is 13.7. The van der Waals surface area contributed by atoms with Gasteiger partial charge in [0.25, 0.3) is 0 Å². The molecule has 0 bridgehead atoms. The number of hydrogen-bond donors (Lipinski definition) is 1. The summed E-state index contributed by atoms with van der Waals surface area (Å²) in [5, 5.41) is 4.28. The Morgan fingerprint density at radius 2 is 1.65 bits per heavy atom. The largest absolute Gasteiger partial charge is 0.375 e. The summed E-state index contributed by atoms with van der Waals surface area (Å²) < 4.78 is 13.7. The predicted molar refractivity (Wildman–Crippen MR) is 84.9 cm³/mol. The summed E-state index contributed by atoms with van der Waals surface area (Å²) in [4.78, 5) is 0. The molecule has 1 unspecified atom stereocenters. The van der Waals surface area contributed by atoms with Crippen LogP contribution < -0.4 is 5.32 Å². The summed E-state index contributed by atoms with van der Waals surface area (Å²) in [7, 11) is 0. The van der Waals surface area contributed by atoms with Gasteiger partial charge in [-0.15, -0.1) is 0 Å². The van der Waals surface area contributed by atoms with E-state index in [9.17, 15) is 4.39 Å². The molecule has 0 fully saturated rings. The molecule has 0 radical (unpaired) electrons. The van der Waals surface area contributed by atoms with E-state index < -0.39 is 5.82 Å². The number of rotatable bonds is 3. The third kappa shape index (κ3) is 3.15. The van der Waals surface area contributed by atoms with Crippen LogP contribution in [0.5, 0.6) is 0 Å². The molecule has 1 nitrogen and oxygen atoms in total. The van der Waals surface area contributed by atoms with Gasteiger partial charge in [-0.25, -0.2) is 4.39 Å². The molecule has 1 atom stereocenters. The lowest BCUT2D eigenvalue weighted by atomic mass is 10.1. The van der Waals surface area contributed by atoms with Gasteiger partial charge in [0.05, 0.1) is 31.8 Å². The Labute approximate surface area is 136 Å². The highest BCUT2D eigenvalue weighted by atomic mass is 35.5. The number of halogens is 5. The van der Waals surface area contributed by atoms with Crippen molar-refractivity contribution >= 4 is 52.1 Å². The molecule has 0 spiro atoms. The molecule has 0 saturated heterocycles. The van der Waals surface area contributed by atoms with Crippen LogP contribution in [0.25, 0.3) is 0 Å². The molecule has 1 N–H and O–H groups in total. The third-order valence-electron chi connectivity index (χ3n) is 2.86. The SMILES string of the molecule is CC(Nc1c(F)cccc1Cl)c1ccc(Cl)c(Cl)c1Cl. The van der Waals surface area contributed by atoms with Crippen LogP contribution in [0.4, 0.5) is 10.1 Å². The highest BCUT2D eigenvalue weighted by Crippen LogP contribution is 2.37. The van der Waals surface area contributed by atoms with Crippen LogP contribution in [0.2, 0.25) is 20.1 Å². The minimum Gasteiger partial charge on any atom is -0.375 e. The summed E-state index contributed by atoms with van der Waals surface area (Å²) in [6, 6.07) is 7.58. The summed E-state index contributed by atoms with van der Waals surface area (Å²) >= 11 is 24.0. The monoisotopic (exact) mass is 351 g/mol. The van der Waals surface area contributed by atoms with Crippen molar-refractivity contribution in [1.82, 2.24) is 0 Å². The molecule has 2 rings (SSSR count). The molecule has 0 aliphatic rings. The fourth-order valence-corrected chi connectivity index (χ4v) is 2.73. The Balaban J connectivity index is 2.34. The molecular formula is C14H10Cl4FN. The van der Waals surface area contributed by atoms with E-state index in [1.165, 1.54) is 6.07 Å². The fourth-order valence-electron chi connectivity index (χ4n) is 1.81. The number of para-hydroxylation sites is 1. The van der Waals surface area contributed by atoms with Gasteiger partial charge in [-0.1, -0.05) is 58.5 Å². The lowest BCUT2D eigenvalue weighted by Crippen LogP contribution is -2.09. The standard InChI is InChI=1S/C14H10Cl4FN/c1-7(8-5-6-9(15)13(18)12(8)17)20-14-10(16)3-2-4-11(14)19/h2-7,20H,1H3. The minimum absolute atomic E-state index is 0.226. The highest BCUT2D eigenvalue weighted by molar-refractivity contribution is 6.48. The molecule has 20 heavy (non-hydrogen) atoms. The zero-order valence-electron chi connectivity index (χ0n) is 10.4. The molecule has 0 aliphatic heterocycles. The third-order valence-corrected chi connectivity index (χ3v) is 4.48. The van der Waals surface area contributed by atoms with Crippen molar-refractivity contribution in [1.29, 1.82) is 0 Å². The first-order chi connectivity index (χ1) is 9.41. The summed E-state index contributed by atoms with van der Waals surface area (Å²) in [5.41, 5.74) is 0.934. The first-order valence-corrected chi connectivity index (χ1v) is 7.27. The van der Waals surface area contributed by atoms with Crippen LogP contribution in [0.3, 0.4) is 0 Å². The van der Waals surface area contributed by atoms with E-state index in [4.69, 9.17) is 46.4 Å². The van der Waals surface area contributed by atoms with Gasteiger partial charge in [-0.3, -0.25) is 0 Å². The summed E-state index contributed by atoms with van der Waals surface area (Å²) in [6.45, 7) is 1.83. The molecule has 0 saturated carbocycles. The Morgan fingerprint density at radius 3 is 2.30 bits per heavy atom. The van der Waals surface area contributed by atoms with E-state index in [1.54, 1.807) is 24.3 Å². The van der Waals surface area contributed by atoms with Crippen LogP contribution in [0.1, 0.15) is 18.5 Å². The summed E-state index contributed by atoms with van der Waals surface area (Å²) in [5.74, 6) is -0.430. The Morgan fingerprint density at radius 1 is 0.950 bits per heavy atom. The molecule has 0 aliphatic carbocycles. The molecule has 0 amide bonds. The van der Waals surface area contributed by atoms with Gasteiger partial charge < -0.3 is 5.32 Å². The van der Waals surface area contributed by atoms with Gasteiger partial charge in [0, 0.05) is 0 Å².